The Hall–Kier alpha value is -3.78. The van der Waals surface area contributed by atoms with Crippen molar-refractivity contribution in [1.29, 1.82) is 0 Å². The quantitative estimate of drug-likeness (QED) is 0.417. The topological polar surface area (TPSA) is 88.0 Å². The van der Waals surface area contributed by atoms with Gasteiger partial charge in [-0.25, -0.2) is 14.6 Å². The molecule has 35 heavy (non-hydrogen) atoms. The largest absolute Gasteiger partial charge is 0.355 e. The van der Waals surface area contributed by atoms with E-state index in [1.807, 2.05) is 55.9 Å². The van der Waals surface area contributed by atoms with Crippen LogP contribution in [0.2, 0.25) is 0 Å². The van der Waals surface area contributed by atoms with Gasteiger partial charge in [0.25, 0.3) is 0 Å². The Morgan fingerprint density at radius 3 is 2.23 bits per heavy atom. The highest BCUT2D eigenvalue weighted by Crippen LogP contribution is 2.23. The second-order valence-electron chi connectivity index (χ2n) is 8.07. The number of hydrogen-bond acceptors (Lipinski definition) is 6. The molecule has 0 saturated carbocycles. The fraction of sp³-hybridized carbons (Fsp3) is 0.333. The molecule has 1 aliphatic rings. The first-order valence-corrected chi connectivity index (χ1v) is 12.1. The van der Waals surface area contributed by atoms with Crippen molar-refractivity contribution in [2.24, 2.45) is 0 Å². The summed E-state index contributed by atoms with van der Waals surface area (Å²) in [6, 6.07) is 16.4. The standard InChI is InChI=1S/C16H18N6.C9H11NO.C2H6.2H2/c1-12-2-4-13(5-3-12)22-10-14-15(20-22)18-11-19-16(14)21-8-6-17-7-9-21;1-8-2-4-9(5-3-8)6-10-7-11;1-2;;/h2-5,10-11,17H,6-9H2,1H3;2-5,7H,6H2,1H3,(H,10,11);1-2H3;2*1H. The van der Waals surface area contributed by atoms with Crippen LogP contribution >= 0.6 is 0 Å². The summed E-state index contributed by atoms with van der Waals surface area (Å²) in [6.07, 6.45) is 4.34. The van der Waals surface area contributed by atoms with Gasteiger partial charge in [0.15, 0.2) is 5.65 Å². The highest BCUT2D eigenvalue weighted by molar-refractivity contribution is 5.86. The summed E-state index contributed by atoms with van der Waals surface area (Å²) in [5.41, 5.74) is 5.38. The zero-order chi connectivity index (χ0) is 25.0. The third kappa shape index (κ3) is 7.10. The van der Waals surface area contributed by atoms with Gasteiger partial charge in [-0.05, 0) is 31.5 Å². The summed E-state index contributed by atoms with van der Waals surface area (Å²) < 4.78 is 1.88. The highest BCUT2D eigenvalue weighted by atomic mass is 16.1. The number of carbonyl (C=O) groups excluding carboxylic acids is 1. The lowest BCUT2D eigenvalue weighted by Crippen LogP contribution is -2.43. The van der Waals surface area contributed by atoms with Crippen LogP contribution in [0.25, 0.3) is 16.7 Å². The minimum Gasteiger partial charge on any atom is -0.355 e. The molecule has 0 bridgehead atoms. The molecule has 2 aromatic carbocycles. The highest BCUT2D eigenvalue weighted by Gasteiger charge is 2.17. The summed E-state index contributed by atoms with van der Waals surface area (Å²) in [5.74, 6) is 0.977. The summed E-state index contributed by atoms with van der Waals surface area (Å²) in [5, 5.41) is 11.6. The molecule has 0 unspecified atom stereocenters. The number of aromatic nitrogens is 4. The maximum atomic E-state index is 9.93. The molecular weight excluding hydrogens is 438 g/mol. The van der Waals surface area contributed by atoms with Gasteiger partial charge < -0.3 is 15.5 Å². The summed E-state index contributed by atoms with van der Waals surface area (Å²) in [7, 11) is 0. The van der Waals surface area contributed by atoms with Gasteiger partial charge in [-0.3, -0.25) is 4.79 Å². The Balaban J connectivity index is 0.000000392. The van der Waals surface area contributed by atoms with Gasteiger partial charge in [0, 0.05) is 41.8 Å². The van der Waals surface area contributed by atoms with Crippen molar-refractivity contribution < 1.29 is 7.65 Å². The zero-order valence-corrected chi connectivity index (χ0v) is 21.0. The number of benzene rings is 2. The molecule has 0 radical (unpaired) electrons. The monoisotopic (exact) mass is 477 g/mol. The van der Waals surface area contributed by atoms with E-state index in [1.54, 1.807) is 6.33 Å². The molecule has 2 N–H and O–H groups in total. The van der Waals surface area contributed by atoms with Crippen molar-refractivity contribution in [3.8, 4) is 5.69 Å². The van der Waals surface area contributed by atoms with Gasteiger partial charge in [0.05, 0.1) is 11.1 Å². The van der Waals surface area contributed by atoms with Gasteiger partial charge in [0.1, 0.15) is 12.1 Å². The Morgan fingerprint density at radius 2 is 1.60 bits per heavy atom. The first-order valence-electron chi connectivity index (χ1n) is 12.1. The minimum atomic E-state index is 0. The Kier molecular flexibility index (Phi) is 9.74. The summed E-state index contributed by atoms with van der Waals surface area (Å²) in [4.78, 5) is 21.0. The minimum absolute atomic E-state index is 0. The normalized spacial score (nSPS) is 12.7. The van der Waals surface area contributed by atoms with Crippen LogP contribution in [0.15, 0.2) is 61.1 Å². The van der Waals surface area contributed by atoms with Crippen molar-refractivity contribution >= 4 is 23.3 Å². The van der Waals surface area contributed by atoms with Gasteiger partial charge in [-0.15, -0.1) is 5.10 Å². The molecule has 0 spiro atoms. The van der Waals surface area contributed by atoms with Crippen molar-refractivity contribution in [1.82, 2.24) is 30.4 Å². The van der Waals surface area contributed by atoms with Crippen LogP contribution in [0.1, 0.15) is 33.4 Å². The molecule has 188 valence electrons. The first-order chi connectivity index (χ1) is 17.1. The lowest BCUT2D eigenvalue weighted by molar-refractivity contribution is -0.109. The van der Waals surface area contributed by atoms with Crippen LogP contribution in [0.5, 0.6) is 0 Å². The predicted molar refractivity (Wildman–Crippen MR) is 146 cm³/mol. The van der Waals surface area contributed by atoms with Crippen LogP contribution < -0.4 is 15.5 Å². The Morgan fingerprint density at radius 1 is 0.971 bits per heavy atom. The molecule has 0 aliphatic carbocycles. The second kappa shape index (κ2) is 13.2. The Labute approximate surface area is 210 Å². The van der Waals surface area contributed by atoms with Crippen LogP contribution in [0.4, 0.5) is 5.82 Å². The van der Waals surface area contributed by atoms with E-state index in [4.69, 9.17) is 0 Å². The van der Waals surface area contributed by atoms with Crippen LogP contribution in [-0.4, -0.2) is 52.3 Å². The second-order valence-corrected chi connectivity index (χ2v) is 8.07. The maximum Gasteiger partial charge on any atom is 0.207 e. The van der Waals surface area contributed by atoms with E-state index in [2.05, 4.69) is 61.8 Å². The number of piperazine rings is 1. The maximum absolute atomic E-state index is 9.93. The van der Waals surface area contributed by atoms with Crippen LogP contribution in [0, 0.1) is 13.8 Å². The van der Waals surface area contributed by atoms with Gasteiger partial charge in [0.2, 0.25) is 6.41 Å². The summed E-state index contributed by atoms with van der Waals surface area (Å²) >= 11 is 0. The number of hydrogen-bond donors (Lipinski definition) is 2. The molecule has 1 amide bonds. The van der Waals surface area contributed by atoms with E-state index in [0.29, 0.717) is 13.0 Å². The van der Waals surface area contributed by atoms with Crippen molar-refractivity contribution in [2.75, 3.05) is 31.1 Å². The lowest BCUT2D eigenvalue weighted by atomic mass is 10.1. The van der Waals surface area contributed by atoms with E-state index in [-0.39, 0.29) is 2.85 Å². The lowest BCUT2D eigenvalue weighted by Gasteiger charge is -2.28. The van der Waals surface area contributed by atoms with Crippen molar-refractivity contribution in [2.45, 2.75) is 34.2 Å². The number of fused-ring (bicyclic) bond motifs is 1. The molecule has 8 nitrogen and oxygen atoms in total. The zero-order valence-electron chi connectivity index (χ0n) is 21.0. The number of anilines is 1. The van der Waals surface area contributed by atoms with Gasteiger partial charge in [-0.1, -0.05) is 61.4 Å². The number of rotatable bonds is 5. The van der Waals surface area contributed by atoms with Gasteiger partial charge >= 0.3 is 0 Å². The average Bonchev–Trinajstić information content (AvgIpc) is 3.35. The van der Waals surface area contributed by atoms with Gasteiger partial charge in [-0.2, -0.15) is 0 Å². The van der Waals surface area contributed by atoms with Crippen LogP contribution in [0.3, 0.4) is 0 Å². The number of nitrogens with zero attached hydrogens (tertiary/aromatic N) is 5. The predicted octanol–water partition coefficient (Wildman–Crippen LogP) is 4.29. The summed E-state index contributed by atoms with van der Waals surface area (Å²) in [6.45, 7) is 12.6. The third-order valence-corrected chi connectivity index (χ3v) is 5.52. The molecule has 1 fully saturated rings. The number of aryl methyl sites for hydroxylation is 2. The molecule has 5 rings (SSSR count). The SMILES string of the molecule is CC.Cc1ccc(-n2cc3c(N4CCNCC4)ncnc3n2)cc1.Cc1ccc(CNC=O)cc1.[HH].[HH]. The van der Waals surface area contributed by atoms with Crippen molar-refractivity contribution in [3.63, 3.8) is 0 Å². The first kappa shape index (κ1) is 25.8. The van der Waals surface area contributed by atoms with Crippen molar-refractivity contribution in [3.05, 3.63) is 77.7 Å². The molecule has 2 aromatic heterocycles. The number of amides is 1. The molecule has 1 saturated heterocycles. The van der Waals surface area contributed by atoms with E-state index >= 15 is 0 Å². The molecule has 1 aliphatic heterocycles. The van der Waals surface area contributed by atoms with E-state index in [1.165, 1.54) is 11.1 Å². The van der Waals surface area contributed by atoms with Crippen LogP contribution in [-0.2, 0) is 11.3 Å². The molecule has 0 atom stereocenters. The molecule has 4 aromatic rings. The average molecular weight is 478 g/mol. The number of carbonyl (C=O) groups is 1. The third-order valence-electron chi connectivity index (χ3n) is 5.52. The van der Waals surface area contributed by atoms with E-state index in [9.17, 15) is 4.79 Å². The smallest absolute Gasteiger partial charge is 0.207 e. The van der Waals surface area contributed by atoms with E-state index in [0.717, 1.165) is 54.3 Å². The molecular formula is C27H39N7O. The molecule has 3 heterocycles. The Bertz CT molecular complexity index is 1190. The fourth-order valence-corrected chi connectivity index (χ4v) is 3.65. The molecule has 8 heteroatoms. The number of nitrogens with one attached hydrogen (secondary N) is 2. The fourth-order valence-electron chi connectivity index (χ4n) is 3.65. The van der Waals surface area contributed by atoms with E-state index < -0.39 is 0 Å².